The first-order chi connectivity index (χ1) is 13.6. The molecule has 4 nitrogen and oxygen atoms in total. The zero-order chi connectivity index (χ0) is 19.5. The van der Waals surface area contributed by atoms with Crippen LogP contribution in [0.2, 0.25) is 5.02 Å². The standard InChI is InChI=1S/C22H19ClFN3O/c1-2-20-21(27-14-15(23)3-12-22(27)26-20)13-25-17-6-10-19(11-7-17)28-18-8-4-16(24)5-9-18/h3-12,14,25H,2,13H2,1H3. The van der Waals surface area contributed by atoms with Crippen LogP contribution in [0.4, 0.5) is 10.1 Å². The number of halogens is 2. The molecule has 6 heteroatoms. The molecule has 0 aliphatic heterocycles. The molecule has 0 radical (unpaired) electrons. The van der Waals surface area contributed by atoms with Crippen LogP contribution in [0.1, 0.15) is 18.3 Å². The molecular weight excluding hydrogens is 377 g/mol. The van der Waals surface area contributed by atoms with Gasteiger partial charge in [-0.1, -0.05) is 18.5 Å². The first-order valence-electron chi connectivity index (χ1n) is 9.05. The average molecular weight is 396 g/mol. The molecule has 0 bridgehead atoms. The van der Waals surface area contributed by atoms with Gasteiger partial charge in [0.1, 0.15) is 23.0 Å². The van der Waals surface area contributed by atoms with Crippen molar-refractivity contribution in [2.75, 3.05) is 5.32 Å². The van der Waals surface area contributed by atoms with Gasteiger partial charge in [-0.3, -0.25) is 0 Å². The lowest BCUT2D eigenvalue weighted by Gasteiger charge is -2.10. The molecule has 1 N–H and O–H groups in total. The summed E-state index contributed by atoms with van der Waals surface area (Å²) >= 11 is 6.15. The second-order valence-electron chi connectivity index (χ2n) is 6.37. The largest absolute Gasteiger partial charge is 0.457 e. The summed E-state index contributed by atoms with van der Waals surface area (Å²) in [6, 6.07) is 17.4. The van der Waals surface area contributed by atoms with Gasteiger partial charge in [0.2, 0.25) is 0 Å². The zero-order valence-corrected chi connectivity index (χ0v) is 16.1. The number of hydrogen-bond donors (Lipinski definition) is 1. The van der Waals surface area contributed by atoms with Crippen LogP contribution in [-0.4, -0.2) is 9.38 Å². The third-order valence-electron chi connectivity index (χ3n) is 4.46. The average Bonchev–Trinajstić information content (AvgIpc) is 3.06. The number of anilines is 1. The fourth-order valence-electron chi connectivity index (χ4n) is 3.05. The fraction of sp³-hybridized carbons (Fsp3) is 0.136. The molecule has 0 saturated heterocycles. The highest BCUT2D eigenvalue weighted by molar-refractivity contribution is 6.30. The van der Waals surface area contributed by atoms with Crippen molar-refractivity contribution in [3.8, 4) is 11.5 Å². The number of hydrogen-bond acceptors (Lipinski definition) is 3. The smallest absolute Gasteiger partial charge is 0.137 e. The Balaban J connectivity index is 1.47. The van der Waals surface area contributed by atoms with Crippen molar-refractivity contribution in [1.29, 1.82) is 0 Å². The van der Waals surface area contributed by atoms with Crippen LogP contribution < -0.4 is 10.1 Å². The molecule has 2 heterocycles. The number of nitrogens with one attached hydrogen (secondary N) is 1. The van der Waals surface area contributed by atoms with Crippen LogP contribution in [0.25, 0.3) is 5.65 Å². The molecule has 0 atom stereocenters. The molecule has 0 aliphatic carbocycles. The molecule has 4 rings (SSSR count). The third-order valence-corrected chi connectivity index (χ3v) is 4.69. The summed E-state index contributed by atoms with van der Waals surface area (Å²) in [5, 5.41) is 4.10. The molecule has 0 fully saturated rings. The van der Waals surface area contributed by atoms with Gasteiger partial charge < -0.3 is 14.5 Å². The van der Waals surface area contributed by atoms with E-state index in [1.165, 1.54) is 12.1 Å². The van der Waals surface area contributed by atoms with Crippen molar-refractivity contribution >= 4 is 22.9 Å². The Morgan fingerprint density at radius 2 is 1.68 bits per heavy atom. The lowest BCUT2D eigenvalue weighted by molar-refractivity contribution is 0.480. The van der Waals surface area contributed by atoms with Gasteiger partial charge in [0.05, 0.1) is 23.0 Å². The van der Waals surface area contributed by atoms with Gasteiger partial charge in [-0.15, -0.1) is 0 Å². The number of benzene rings is 2. The lowest BCUT2D eigenvalue weighted by atomic mass is 10.2. The minimum Gasteiger partial charge on any atom is -0.457 e. The predicted molar refractivity (Wildman–Crippen MR) is 110 cm³/mol. The van der Waals surface area contributed by atoms with E-state index in [1.807, 2.05) is 47.0 Å². The first-order valence-corrected chi connectivity index (χ1v) is 9.43. The van der Waals surface area contributed by atoms with E-state index in [4.69, 9.17) is 16.3 Å². The van der Waals surface area contributed by atoms with Crippen molar-refractivity contribution < 1.29 is 9.13 Å². The highest BCUT2D eigenvalue weighted by Gasteiger charge is 2.11. The second-order valence-corrected chi connectivity index (χ2v) is 6.80. The highest BCUT2D eigenvalue weighted by atomic mass is 35.5. The molecule has 2 aromatic heterocycles. The molecule has 0 saturated carbocycles. The van der Waals surface area contributed by atoms with Crippen molar-refractivity contribution in [1.82, 2.24) is 9.38 Å². The Labute approximate surface area is 167 Å². The van der Waals surface area contributed by atoms with Crippen molar-refractivity contribution in [2.45, 2.75) is 19.9 Å². The van der Waals surface area contributed by atoms with E-state index in [9.17, 15) is 4.39 Å². The van der Waals surface area contributed by atoms with Crippen LogP contribution in [0.3, 0.4) is 0 Å². The number of rotatable bonds is 6. The van der Waals surface area contributed by atoms with Gasteiger partial charge in [-0.25, -0.2) is 9.37 Å². The molecule has 0 amide bonds. The second kappa shape index (κ2) is 7.90. The summed E-state index contributed by atoms with van der Waals surface area (Å²) in [4.78, 5) is 4.67. The van der Waals surface area contributed by atoms with Crippen molar-refractivity contribution in [3.63, 3.8) is 0 Å². The SMILES string of the molecule is CCc1nc2ccc(Cl)cn2c1CNc1ccc(Oc2ccc(F)cc2)cc1. The van der Waals surface area contributed by atoms with Crippen LogP contribution in [0, 0.1) is 5.82 Å². The van der Waals surface area contributed by atoms with Gasteiger partial charge in [-0.05, 0) is 67.1 Å². The van der Waals surface area contributed by atoms with E-state index >= 15 is 0 Å². The number of fused-ring (bicyclic) bond motifs is 1. The third kappa shape index (κ3) is 3.94. The van der Waals surface area contributed by atoms with E-state index in [1.54, 1.807) is 12.1 Å². The topological polar surface area (TPSA) is 38.6 Å². The molecule has 2 aromatic carbocycles. The summed E-state index contributed by atoms with van der Waals surface area (Å²) in [5.74, 6) is 0.998. The Hall–Kier alpha value is -3.05. The van der Waals surface area contributed by atoms with E-state index in [2.05, 4.69) is 17.2 Å². The molecule has 0 aliphatic rings. The Kier molecular flexibility index (Phi) is 5.17. The van der Waals surface area contributed by atoms with Gasteiger partial charge in [0.25, 0.3) is 0 Å². The van der Waals surface area contributed by atoms with Crippen molar-refractivity contribution in [2.24, 2.45) is 0 Å². The lowest BCUT2D eigenvalue weighted by Crippen LogP contribution is -2.05. The van der Waals surface area contributed by atoms with E-state index in [0.29, 0.717) is 23.1 Å². The monoisotopic (exact) mass is 395 g/mol. The summed E-state index contributed by atoms with van der Waals surface area (Å²) in [5.41, 5.74) is 3.99. The quantitative estimate of drug-likeness (QED) is 0.429. The number of pyridine rings is 1. The molecular formula is C22H19ClFN3O. The molecule has 4 aromatic rings. The number of imidazole rings is 1. The van der Waals surface area contributed by atoms with E-state index in [-0.39, 0.29) is 5.82 Å². The maximum Gasteiger partial charge on any atom is 0.137 e. The van der Waals surface area contributed by atoms with Gasteiger partial charge in [0, 0.05) is 11.9 Å². The summed E-state index contributed by atoms with van der Waals surface area (Å²) < 4.78 is 20.7. The molecule has 0 spiro atoms. The number of aryl methyl sites for hydroxylation is 1. The maximum atomic E-state index is 13.0. The summed E-state index contributed by atoms with van der Waals surface area (Å²) in [7, 11) is 0. The van der Waals surface area contributed by atoms with Gasteiger partial charge >= 0.3 is 0 Å². The Morgan fingerprint density at radius 3 is 2.36 bits per heavy atom. The molecule has 0 unspecified atom stereocenters. The summed E-state index contributed by atoms with van der Waals surface area (Å²) in [6.07, 6.45) is 2.74. The van der Waals surface area contributed by atoms with E-state index in [0.717, 1.165) is 29.1 Å². The zero-order valence-electron chi connectivity index (χ0n) is 15.3. The van der Waals surface area contributed by atoms with Crippen LogP contribution >= 0.6 is 11.6 Å². The normalized spacial score (nSPS) is 11.0. The highest BCUT2D eigenvalue weighted by Crippen LogP contribution is 2.24. The minimum absolute atomic E-state index is 0.285. The number of nitrogens with zero attached hydrogens (tertiary/aromatic N) is 2. The van der Waals surface area contributed by atoms with Crippen LogP contribution in [0.5, 0.6) is 11.5 Å². The van der Waals surface area contributed by atoms with Crippen LogP contribution in [0.15, 0.2) is 66.9 Å². The Morgan fingerprint density at radius 1 is 1.00 bits per heavy atom. The predicted octanol–water partition coefficient (Wildman–Crippen LogP) is 6.09. The number of ether oxygens (including phenoxy) is 1. The minimum atomic E-state index is -0.285. The first kappa shape index (κ1) is 18.3. The van der Waals surface area contributed by atoms with Crippen LogP contribution in [-0.2, 0) is 13.0 Å². The Bertz CT molecular complexity index is 1090. The maximum absolute atomic E-state index is 13.0. The van der Waals surface area contributed by atoms with Gasteiger partial charge in [0.15, 0.2) is 0 Å². The fourth-order valence-corrected chi connectivity index (χ4v) is 3.21. The van der Waals surface area contributed by atoms with E-state index < -0.39 is 0 Å². The van der Waals surface area contributed by atoms with Gasteiger partial charge in [-0.2, -0.15) is 0 Å². The number of aromatic nitrogens is 2. The van der Waals surface area contributed by atoms with Crippen molar-refractivity contribution in [3.05, 3.63) is 89.1 Å². The summed E-state index contributed by atoms with van der Waals surface area (Å²) in [6.45, 7) is 2.72. The molecule has 28 heavy (non-hydrogen) atoms. The molecule has 142 valence electrons.